The van der Waals surface area contributed by atoms with Gasteiger partial charge in [0.15, 0.2) is 11.0 Å². The first-order valence-electron chi connectivity index (χ1n) is 3.28. The van der Waals surface area contributed by atoms with Crippen LogP contribution in [-0.2, 0) is 5.92 Å². The minimum absolute atomic E-state index is 0.134. The lowest BCUT2D eigenvalue weighted by Crippen LogP contribution is -2.13. The van der Waals surface area contributed by atoms with Crippen LogP contribution in [-0.4, -0.2) is 10.2 Å². The lowest BCUT2D eigenvalue weighted by molar-refractivity contribution is 0.0529. The van der Waals surface area contributed by atoms with E-state index < -0.39 is 11.5 Å². The maximum absolute atomic E-state index is 13.0. The number of nitrogen functional groups attached to an aromatic ring is 1. The number of allylic oxidation sites excluding steroid dienone is 1. The molecule has 0 radical (unpaired) electrons. The Labute approximate surface area is 78.2 Å². The molecule has 0 fully saturated rings. The van der Waals surface area contributed by atoms with Crippen molar-refractivity contribution in [2.24, 2.45) is 0 Å². The summed E-state index contributed by atoms with van der Waals surface area (Å²) in [7, 11) is 0. The summed E-state index contributed by atoms with van der Waals surface area (Å²) >= 11 is 5.38. The summed E-state index contributed by atoms with van der Waals surface area (Å²) in [6.45, 7) is 2.98. The number of nitrogens with zero attached hydrogens (tertiary/aromatic N) is 2. The molecule has 0 saturated heterocycles. The van der Waals surface area contributed by atoms with E-state index in [9.17, 15) is 8.78 Å². The standard InChI is InChI=1S/C7H6ClF2N3/c1-2-7(9,10)4-3-5(8)12-13-6(4)11/h2-3H,1H2,(H2,11,13). The maximum Gasteiger partial charge on any atom is 0.295 e. The Balaban J connectivity index is 3.28. The van der Waals surface area contributed by atoms with Crippen molar-refractivity contribution in [1.29, 1.82) is 0 Å². The van der Waals surface area contributed by atoms with Gasteiger partial charge in [-0.1, -0.05) is 18.2 Å². The average Bonchev–Trinajstić information content (AvgIpc) is 2.09. The van der Waals surface area contributed by atoms with E-state index in [1.165, 1.54) is 0 Å². The van der Waals surface area contributed by atoms with E-state index in [0.717, 1.165) is 6.07 Å². The molecule has 0 atom stereocenters. The van der Waals surface area contributed by atoms with Gasteiger partial charge in [-0.3, -0.25) is 0 Å². The van der Waals surface area contributed by atoms with Gasteiger partial charge in [-0.15, -0.1) is 10.2 Å². The molecule has 0 unspecified atom stereocenters. The summed E-state index contributed by atoms with van der Waals surface area (Å²) in [5, 5.41) is 6.44. The molecule has 0 saturated carbocycles. The van der Waals surface area contributed by atoms with Crippen molar-refractivity contribution in [3.8, 4) is 0 Å². The molecule has 1 rings (SSSR count). The molecule has 0 aliphatic carbocycles. The molecule has 1 heterocycles. The van der Waals surface area contributed by atoms with Crippen molar-refractivity contribution >= 4 is 17.4 Å². The van der Waals surface area contributed by atoms with Crippen molar-refractivity contribution in [2.75, 3.05) is 5.73 Å². The van der Waals surface area contributed by atoms with E-state index in [-0.39, 0.29) is 11.0 Å². The SMILES string of the molecule is C=CC(F)(F)c1cc(Cl)nnc1N. The van der Waals surface area contributed by atoms with Crippen molar-refractivity contribution in [2.45, 2.75) is 5.92 Å². The smallest absolute Gasteiger partial charge is 0.295 e. The van der Waals surface area contributed by atoms with Gasteiger partial charge < -0.3 is 5.73 Å². The van der Waals surface area contributed by atoms with E-state index in [0.29, 0.717) is 6.08 Å². The maximum atomic E-state index is 13.0. The summed E-state index contributed by atoms with van der Waals surface area (Å²) in [5.41, 5.74) is 4.71. The van der Waals surface area contributed by atoms with Crippen molar-refractivity contribution < 1.29 is 8.78 Å². The average molecular weight is 206 g/mol. The van der Waals surface area contributed by atoms with Crippen LogP contribution in [0, 0.1) is 0 Å². The first kappa shape index (κ1) is 9.85. The van der Waals surface area contributed by atoms with Gasteiger partial charge in [0, 0.05) is 0 Å². The molecule has 1 aromatic rings. The Hall–Kier alpha value is -1.23. The van der Waals surface area contributed by atoms with Gasteiger partial charge >= 0.3 is 0 Å². The third kappa shape index (κ3) is 1.92. The third-order valence-electron chi connectivity index (χ3n) is 1.41. The lowest BCUT2D eigenvalue weighted by atomic mass is 10.1. The van der Waals surface area contributed by atoms with Crippen LogP contribution in [0.25, 0.3) is 0 Å². The van der Waals surface area contributed by atoms with Crippen LogP contribution in [0.5, 0.6) is 0 Å². The van der Waals surface area contributed by atoms with Crippen LogP contribution < -0.4 is 5.73 Å². The highest BCUT2D eigenvalue weighted by molar-refractivity contribution is 6.29. The summed E-state index contributed by atoms with van der Waals surface area (Å²) in [6, 6.07) is 0.964. The van der Waals surface area contributed by atoms with E-state index >= 15 is 0 Å². The summed E-state index contributed by atoms with van der Waals surface area (Å²) in [5.74, 6) is -3.58. The molecule has 0 aliphatic heterocycles. The highest BCUT2D eigenvalue weighted by Crippen LogP contribution is 2.32. The quantitative estimate of drug-likeness (QED) is 0.752. The van der Waals surface area contributed by atoms with Crippen molar-refractivity contribution in [1.82, 2.24) is 10.2 Å². The van der Waals surface area contributed by atoms with Crippen molar-refractivity contribution in [3.05, 3.63) is 29.4 Å². The number of nitrogens with two attached hydrogens (primary N) is 1. The number of halogens is 3. The summed E-state index contributed by atoms with van der Waals surface area (Å²) < 4.78 is 26.0. The third-order valence-corrected chi connectivity index (χ3v) is 1.59. The van der Waals surface area contributed by atoms with E-state index in [1.54, 1.807) is 0 Å². The van der Waals surface area contributed by atoms with E-state index in [1.807, 2.05) is 0 Å². The first-order valence-corrected chi connectivity index (χ1v) is 3.66. The summed E-state index contributed by atoms with van der Waals surface area (Å²) in [6.07, 6.45) is 0.469. The fourth-order valence-corrected chi connectivity index (χ4v) is 0.901. The zero-order valence-corrected chi connectivity index (χ0v) is 7.22. The molecular formula is C7H6ClF2N3. The van der Waals surface area contributed by atoms with Gasteiger partial charge in [0.05, 0.1) is 5.56 Å². The Morgan fingerprint density at radius 2 is 2.15 bits per heavy atom. The molecule has 70 valence electrons. The Kier molecular flexibility index (Phi) is 2.47. The predicted molar refractivity (Wildman–Crippen MR) is 45.5 cm³/mol. The van der Waals surface area contributed by atoms with E-state index in [2.05, 4.69) is 16.8 Å². The number of aromatic nitrogens is 2. The minimum atomic E-state index is -3.23. The topological polar surface area (TPSA) is 51.8 Å². The number of rotatable bonds is 2. The van der Waals surface area contributed by atoms with Gasteiger partial charge in [-0.2, -0.15) is 8.78 Å². The number of hydrogen-bond donors (Lipinski definition) is 1. The highest BCUT2D eigenvalue weighted by atomic mass is 35.5. The molecule has 0 bridgehead atoms. The number of hydrogen-bond acceptors (Lipinski definition) is 3. The van der Waals surface area contributed by atoms with Crippen LogP contribution >= 0.6 is 11.6 Å². The number of anilines is 1. The monoisotopic (exact) mass is 205 g/mol. The fourth-order valence-electron chi connectivity index (χ4n) is 0.754. The molecule has 2 N–H and O–H groups in total. The lowest BCUT2D eigenvalue weighted by Gasteiger charge is -2.12. The molecule has 1 aromatic heterocycles. The normalized spacial score (nSPS) is 11.3. The van der Waals surface area contributed by atoms with Crippen LogP contribution in [0.2, 0.25) is 5.15 Å². The molecule has 0 amide bonds. The first-order chi connectivity index (χ1) is 5.97. The molecule has 0 aromatic carbocycles. The Morgan fingerprint density at radius 1 is 1.54 bits per heavy atom. The van der Waals surface area contributed by atoms with Gasteiger partial charge in [-0.05, 0) is 12.1 Å². The fraction of sp³-hybridized carbons (Fsp3) is 0.143. The molecular weight excluding hydrogens is 200 g/mol. The van der Waals surface area contributed by atoms with E-state index in [4.69, 9.17) is 17.3 Å². The highest BCUT2D eigenvalue weighted by Gasteiger charge is 2.30. The molecule has 3 nitrogen and oxygen atoms in total. The Morgan fingerprint density at radius 3 is 2.69 bits per heavy atom. The molecule has 0 aliphatic rings. The van der Waals surface area contributed by atoms with Crippen molar-refractivity contribution in [3.63, 3.8) is 0 Å². The molecule has 6 heteroatoms. The van der Waals surface area contributed by atoms with Crippen LogP contribution in [0.3, 0.4) is 0 Å². The second-order valence-electron chi connectivity index (χ2n) is 2.29. The molecule has 0 spiro atoms. The van der Waals surface area contributed by atoms with Gasteiger partial charge in [0.2, 0.25) is 0 Å². The van der Waals surface area contributed by atoms with Gasteiger partial charge in [0.1, 0.15) is 0 Å². The zero-order chi connectivity index (χ0) is 10.1. The zero-order valence-electron chi connectivity index (χ0n) is 6.47. The second kappa shape index (κ2) is 3.26. The number of alkyl halides is 2. The second-order valence-corrected chi connectivity index (χ2v) is 2.68. The van der Waals surface area contributed by atoms with Crippen LogP contribution in [0.15, 0.2) is 18.7 Å². The predicted octanol–water partition coefficient (Wildman–Crippen LogP) is 1.99. The van der Waals surface area contributed by atoms with Crippen LogP contribution in [0.1, 0.15) is 5.56 Å². The van der Waals surface area contributed by atoms with Gasteiger partial charge in [-0.25, -0.2) is 0 Å². The Bertz CT molecular complexity index is 341. The van der Waals surface area contributed by atoms with Gasteiger partial charge in [0.25, 0.3) is 5.92 Å². The minimum Gasteiger partial charge on any atom is -0.382 e. The largest absolute Gasteiger partial charge is 0.382 e. The molecule has 13 heavy (non-hydrogen) atoms. The summed E-state index contributed by atoms with van der Waals surface area (Å²) in [4.78, 5) is 0. The van der Waals surface area contributed by atoms with Crippen LogP contribution in [0.4, 0.5) is 14.6 Å².